The van der Waals surface area contributed by atoms with E-state index in [1.54, 1.807) is 6.92 Å². The van der Waals surface area contributed by atoms with Crippen molar-refractivity contribution < 1.29 is 9.53 Å². The number of fused-ring (bicyclic) bond motifs is 2. The largest absolute Gasteiger partial charge is 0.370 e. The highest BCUT2D eigenvalue weighted by molar-refractivity contribution is 5.94. The van der Waals surface area contributed by atoms with Crippen molar-refractivity contribution in [2.24, 2.45) is 11.8 Å². The van der Waals surface area contributed by atoms with Gasteiger partial charge in [-0.1, -0.05) is 24.6 Å². The molecule has 0 radical (unpaired) electrons. The minimum absolute atomic E-state index is 0.127. The van der Waals surface area contributed by atoms with Crippen LogP contribution in [-0.4, -0.2) is 25.5 Å². The zero-order valence-electron chi connectivity index (χ0n) is 13.0. The molecular weight excluding hydrogens is 262 g/mol. The van der Waals surface area contributed by atoms with E-state index >= 15 is 0 Å². The van der Waals surface area contributed by atoms with Gasteiger partial charge in [0.25, 0.3) is 0 Å². The second kappa shape index (κ2) is 5.90. The van der Waals surface area contributed by atoms with Crippen molar-refractivity contribution in [3.8, 4) is 0 Å². The quantitative estimate of drug-likeness (QED) is 0.865. The first-order valence-corrected chi connectivity index (χ1v) is 8.14. The van der Waals surface area contributed by atoms with E-state index in [9.17, 15) is 4.79 Å². The lowest BCUT2D eigenvalue weighted by Gasteiger charge is -2.53. The van der Waals surface area contributed by atoms with Crippen LogP contribution in [0.1, 0.15) is 49.0 Å². The number of hydrogen-bond acceptors (Lipinski definition) is 3. The molecule has 0 aromatic heterocycles. The molecule has 2 aliphatic rings. The van der Waals surface area contributed by atoms with Gasteiger partial charge in [0.05, 0.1) is 0 Å². The van der Waals surface area contributed by atoms with Crippen LogP contribution < -0.4 is 5.32 Å². The van der Waals surface area contributed by atoms with Gasteiger partial charge >= 0.3 is 0 Å². The molecule has 0 amide bonds. The number of hydrogen-bond donors (Lipinski definition) is 1. The molecule has 1 saturated heterocycles. The number of ketones is 1. The number of carbonyl (C=O) groups excluding carboxylic acids is 1. The third kappa shape index (κ3) is 2.43. The molecule has 21 heavy (non-hydrogen) atoms. The zero-order valence-corrected chi connectivity index (χ0v) is 13.0. The summed E-state index contributed by atoms with van der Waals surface area (Å²) in [5.41, 5.74) is 1.79. The third-order valence-electron chi connectivity index (χ3n) is 5.20. The molecular formula is C18H25NO2. The van der Waals surface area contributed by atoms with E-state index in [-0.39, 0.29) is 11.4 Å². The molecule has 1 aliphatic heterocycles. The molecule has 3 heteroatoms. The molecule has 1 aromatic rings. The molecule has 1 N–H and O–H groups in total. The van der Waals surface area contributed by atoms with Crippen molar-refractivity contribution >= 4 is 5.78 Å². The molecule has 3 rings (SSSR count). The van der Waals surface area contributed by atoms with Crippen molar-refractivity contribution in [3.63, 3.8) is 0 Å². The summed E-state index contributed by atoms with van der Waals surface area (Å²) < 4.78 is 6.41. The van der Waals surface area contributed by atoms with E-state index in [1.807, 2.05) is 12.1 Å². The zero-order chi connectivity index (χ0) is 14.9. The van der Waals surface area contributed by atoms with Crippen molar-refractivity contribution in [2.75, 3.05) is 19.7 Å². The van der Waals surface area contributed by atoms with Crippen molar-refractivity contribution in [1.82, 2.24) is 5.32 Å². The minimum atomic E-state index is -0.205. The van der Waals surface area contributed by atoms with Crippen LogP contribution in [0.2, 0.25) is 0 Å². The van der Waals surface area contributed by atoms with Gasteiger partial charge in [0.15, 0.2) is 5.78 Å². The van der Waals surface area contributed by atoms with E-state index in [4.69, 9.17) is 4.74 Å². The molecule has 3 nitrogen and oxygen atoms in total. The van der Waals surface area contributed by atoms with Gasteiger partial charge in [-0.3, -0.25) is 4.79 Å². The van der Waals surface area contributed by atoms with Gasteiger partial charge in [0.1, 0.15) is 5.60 Å². The van der Waals surface area contributed by atoms with Crippen molar-refractivity contribution in [3.05, 3.63) is 35.4 Å². The summed E-state index contributed by atoms with van der Waals surface area (Å²) in [7, 11) is 0. The highest BCUT2D eigenvalue weighted by Crippen LogP contribution is 2.50. The number of carbonyl (C=O) groups is 1. The molecule has 1 saturated carbocycles. The monoisotopic (exact) mass is 287 g/mol. The van der Waals surface area contributed by atoms with E-state index < -0.39 is 0 Å². The van der Waals surface area contributed by atoms with Crippen LogP contribution in [0.4, 0.5) is 0 Å². The molecule has 0 spiro atoms. The average Bonchev–Trinajstić information content (AvgIpc) is 2.47. The lowest BCUT2D eigenvalue weighted by Crippen LogP contribution is -2.58. The van der Waals surface area contributed by atoms with Gasteiger partial charge in [-0.2, -0.15) is 0 Å². The molecule has 1 aliphatic carbocycles. The molecule has 1 heterocycles. The van der Waals surface area contributed by atoms with Crippen LogP contribution in [0.5, 0.6) is 0 Å². The van der Waals surface area contributed by atoms with Gasteiger partial charge in [-0.25, -0.2) is 0 Å². The summed E-state index contributed by atoms with van der Waals surface area (Å²) in [6.45, 7) is 6.46. The SMILES string of the molecule is CCOC1(c2cccc(C(C)=O)c2)C2CCCC1CNC2. The Kier molecular flexibility index (Phi) is 4.14. The Morgan fingerprint density at radius 1 is 1.33 bits per heavy atom. The Balaban J connectivity index is 2.08. The number of Topliss-reactive ketones (excluding diaryl/α,β-unsaturated/α-hetero) is 1. The Morgan fingerprint density at radius 2 is 2.05 bits per heavy atom. The predicted molar refractivity (Wildman–Crippen MR) is 83.5 cm³/mol. The molecule has 1 aromatic carbocycles. The van der Waals surface area contributed by atoms with Crippen molar-refractivity contribution in [1.29, 1.82) is 0 Å². The first kappa shape index (κ1) is 14.7. The second-order valence-corrected chi connectivity index (χ2v) is 6.35. The molecule has 2 atom stereocenters. The standard InChI is InChI=1S/C18H25NO2/c1-3-21-18(15-7-4-6-14(10-15)13(2)20)16-8-5-9-17(18)12-19-11-16/h4,6-7,10,16-17,19H,3,5,8-9,11-12H2,1-2H3. The van der Waals surface area contributed by atoms with E-state index in [1.165, 1.54) is 24.8 Å². The Hall–Kier alpha value is -1.19. The summed E-state index contributed by atoms with van der Waals surface area (Å²) in [4.78, 5) is 11.7. The highest BCUT2D eigenvalue weighted by Gasteiger charge is 2.51. The average molecular weight is 287 g/mol. The Bertz CT molecular complexity index is 504. The highest BCUT2D eigenvalue weighted by atomic mass is 16.5. The van der Waals surface area contributed by atoms with Gasteiger partial charge < -0.3 is 10.1 Å². The van der Waals surface area contributed by atoms with E-state index in [0.717, 1.165) is 25.3 Å². The lowest BCUT2D eigenvalue weighted by molar-refractivity contribution is -0.161. The number of rotatable bonds is 4. The lowest BCUT2D eigenvalue weighted by atomic mass is 9.62. The molecule has 2 unspecified atom stereocenters. The Labute approximate surface area is 127 Å². The van der Waals surface area contributed by atoms with E-state index in [2.05, 4.69) is 24.4 Å². The molecule has 114 valence electrons. The first-order valence-electron chi connectivity index (χ1n) is 8.14. The van der Waals surface area contributed by atoms with E-state index in [0.29, 0.717) is 11.8 Å². The van der Waals surface area contributed by atoms with Crippen LogP contribution in [0, 0.1) is 11.8 Å². The smallest absolute Gasteiger partial charge is 0.159 e. The fourth-order valence-corrected chi connectivity index (χ4v) is 4.32. The van der Waals surface area contributed by atoms with Gasteiger partial charge in [-0.15, -0.1) is 0 Å². The Morgan fingerprint density at radius 3 is 2.67 bits per heavy atom. The van der Waals surface area contributed by atoms with Gasteiger partial charge in [-0.05, 0) is 38.3 Å². The van der Waals surface area contributed by atoms with Crippen LogP contribution in [0.3, 0.4) is 0 Å². The number of ether oxygens (including phenoxy) is 1. The minimum Gasteiger partial charge on any atom is -0.370 e. The van der Waals surface area contributed by atoms with Gasteiger partial charge in [0, 0.05) is 37.1 Å². The maximum absolute atomic E-state index is 11.7. The third-order valence-corrected chi connectivity index (χ3v) is 5.20. The summed E-state index contributed by atoms with van der Waals surface area (Å²) in [6.07, 6.45) is 3.69. The van der Waals surface area contributed by atoms with Crippen LogP contribution in [0.15, 0.2) is 24.3 Å². The van der Waals surface area contributed by atoms with Crippen LogP contribution in [-0.2, 0) is 10.3 Å². The maximum atomic E-state index is 11.7. The summed E-state index contributed by atoms with van der Waals surface area (Å²) in [5.74, 6) is 1.14. The summed E-state index contributed by atoms with van der Waals surface area (Å²) in [6, 6.07) is 8.13. The number of piperidine rings is 1. The second-order valence-electron chi connectivity index (χ2n) is 6.35. The van der Waals surface area contributed by atoms with Gasteiger partial charge in [0.2, 0.25) is 0 Å². The maximum Gasteiger partial charge on any atom is 0.159 e. The number of nitrogens with one attached hydrogen (secondary N) is 1. The topological polar surface area (TPSA) is 38.3 Å². The van der Waals surface area contributed by atoms with Crippen LogP contribution in [0.25, 0.3) is 0 Å². The molecule has 2 fully saturated rings. The van der Waals surface area contributed by atoms with Crippen LogP contribution >= 0.6 is 0 Å². The fraction of sp³-hybridized carbons (Fsp3) is 0.611. The normalized spacial score (nSPS) is 31.9. The summed E-state index contributed by atoms with van der Waals surface area (Å²) >= 11 is 0. The first-order chi connectivity index (χ1) is 10.2. The molecule has 2 bridgehead atoms. The number of benzene rings is 1. The van der Waals surface area contributed by atoms with Crippen molar-refractivity contribution in [2.45, 2.75) is 38.7 Å². The fourth-order valence-electron chi connectivity index (χ4n) is 4.32. The predicted octanol–water partition coefficient (Wildman–Crippen LogP) is 3.14. The summed E-state index contributed by atoms with van der Waals surface area (Å²) in [5, 5.41) is 3.56.